The fraction of sp³-hybridized carbons (Fsp3) is 0.818. The van der Waals surface area contributed by atoms with Crippen LogP contribution >= 0.6 is 0 Å². The lowest BCUT2D eigenvalue weighted by molar-refractivity contribution is -0.147. The Morgan fingerprint density at radius 2 is 2.12 bits per heavy atom. The molecule has 1 aliphatic carbocycles. The molecule has 1 aliphatic rings. The molecule has 16 heavy (non-hydrogen) atoms. The first-order chi connectivity index (χ1) is 7.56. The number of carbonyl (C=O) groups excluding carboxylic acids is 1. The highest BCUT2D eigenvalue weighted by atomic mass is 16.4. The van der Waals surface area contributed by atoms with Crippen molar-refractivity contribution in [1.29, 1.82) is 0 Å². The molecule has 0 bridgehead atoms. The van der Waals surface area contributed by atoms with Gasteiger partial charge < -0.3 is 10.0 Å². The van der Waals surface area contributed by atoms with Crippen molar-refractivity contribution >= 4 is 11.9 Å². The van der Waals surface area contributed by atoms with Gasteiger partial charge in [-0.1, -0.05) is 19.3 Å². The number of nitrogens with zero attached hydrogens (tertiary/aromatic N) is 1. The Morgan fingerprint density at radius 1 is 1.50 bits per heavy atom. The lowest BCUT2D eigenvalue weighted by atomic mass is 9.83. The number of carboxylic acids is 1. The number of aliphatic carboxylic acids is 1. The van der Waals surface area contributed by atoms with Crippen LogP contribution in [0.5, 0.6) is 0 Å². The number of amides is 1. The van der Waals surface area contributed by atoms with E-state index in [4.69, 9.17) is 5.11 Å². The molecule has 0 aromatic carbocycles. The third-order valence-corrected chi connectivity index (χ3v) is 3.26. The predicted molar refractivity (Wildman–Crippen MR) is 60.1 cm³/mol. The van der Waals surface area contributed by atoms with Gasteiger partial charge in [0, 0.05) is 13.6 Å². The Kier molecular flexibility index (Phi) is 4.73. The molecule has 1 amide bonds. The van der Waals surface area contributed by atoms with Gasteiger partial charge in [0.2, 0.25) is 0 Å². The number of rotatable bonds is 6. The molecule has 0 heterocycles. The van der Waals surface area contributed by atoms with Crippen LogP contribution in [0.3, 0.4) is 0 Å². The number of nitrogens with one attached hydrogen (secondary N) is 1. The summed E-state index contributed by atoms with van der Waals surface area (Å²) in [6.07, 6.45) is 4.77. The largest absolute Gasteiger partial charge is 0.480 e. The normalized spacial score (nSPS) is 17.6. The van der Waals surface area contributed by atoms with Crippen LogP contribution in [-0.4, -0.2) is 48.6 Å². The van der Waals surface area contributed by atoms with Crippen LogP contribution < -0.4 is 5.32 Å². The van der Waals surface area contributed by atoms with Gasteiger partial charge in [0.05, 0.1) is 0 Å². The number of hydrogen-bond donors (Lipinski definition) is 2. The van der Waals surface area contributed by atoms with Gasteiger partial charge in [-0.05, 0) is 19.4 Å². The number of hydrogen-bond acceptors (Lipinski definition) is 3. The van der Waals surface area contributed by atoms with E-state index in [0.717, 1.165) is 12.3 Å². The maximum atomic E-state index is 11.7. The van der Waals surface area contributed by atoms with Crippen molar-refractivity contribution in [3.63, 3.8) is 0 Å². The highest BCUT2D eigenvalue weighted by Crippen LogP contribution is 2.29. The fourth-order valence-electron chi connectivity index (χ4n) is 1.84. The third kappa shape index (κ3) is 3.20. The zero-order chi connectivity index (χ0) is 12.1. The zero-order valence-corrected chi connectivity index (χ0v) is 9.90. The second kappa shape index (κ2) is 5.84. The quantitative estimate of drug-likeness (QED) is 0.642. The Morgan fingerprint density at radius 3 is 2.50 bits per heavy atom. The molecule has 92 valence electrons. The fourth-order valence-corrected chi connectivity index (χ4v) is 1.84. The van der Waals surface area contributed by atoms with Crippen molar-refractivity contribution < 1.29 is 14.7 Å². The van der Waals surface area contributed by atoms with Gasteiger partial charge in [-0.3, -0.25) is 10.1 Å². The van der Waals surface area contributed by atoms with Gasteiger partial charge in [0.1, 0.15) is 0 Å². The zero-order valence-electron chi connectivity index (χ0n) is 9.90. The van der Waals surface area contributed by atoms with E-state index in [1.165, 1.54) is 31.2 Å². The second-order valence-electron chi connectivity index (χ2n) is 4.41. The molecule has 2 N–H and O–H groups in total. The molecule has 1 fully saturated rings. The van der Waals surface area contributed by atoms with Crippen LogP contribution in [0.4, 0.5) is 0 Å². The van der Waals surface area contributed by atoms with Crippen LogP contribution in [0.2, 0.25) is 0 Å². The molecule has 1 atom stereocenters. The van der Waals surface area contributed by atoms with Crippen molar-refractivity contribution in [2.24, 2.45) is 5.92 Å². The summed E-state index contributed by atoms with van der Waals surface area (Å²) in [6.45, 7) is 0.648. The summed E-state index contributed by atoms with van der Waals surface area (Å²) >= 11 is 0. The van der Waals surface area contributed by atoms with E-state index in [0.29, 0.717) is 6.54 Å². The van der Waals surface area contributed by atoms with Crippen molar-refractivity contribution in [3.05, 3.63) is 0 Å². The first-order valence-electron chi connectivity index (χ1n) is 5.71. The summed E-state index contributed by atoms with van der Waals surface area (Å²) in [5, 5.41) is 11.3. The van der Waals surface area contributed by atoms with E-state index in [-0.39, 0.29) is 5.91 Å². The predicted octanol–water partition coefficient (Wildman–Crippen LogP) is 0.308. The Bertz CT molecular complexity index is 264. The summed E-state index contributed by atoms with van der Waals surface area (Å²) in [7, 11) is 3.14. The second-order valence-corrected chi connectivity index (χ2v) is 4.41. The monoisotopic (exact) mass is 228 g/mol. The van der Waals surface area contributed by atoms with Gasteiger partial charge in [-0.15, -0.1) is 0 Å². The number of carbonyl (C=O) groups is 2. The van der Waals surface area contributed by atoms with Gasteiger partial charge >= 0.3 is 5.97 Å². The molecule has 0 radical (unpaired) electrons. The first-order valence-corrected chi connectivity index (χ1v) is 5.71. The summed E-state index contributed by atoms with van der Waals surface area (Å²) < 4.78 is 0. The smallest absolute Gasteiger partial charge is 0.330 e. The van der Waals surface area contributed by atoms with Crippen LogP contribution in [0.15, 0.2) is 0 Å². The molecular weight excluding hydrogens is 208 g/mol. The van der Waals surface area contributed by atoms with Crippen molar-refractivity contribution in [2.75, 3.05) is 20.6 Å². The van der Waals surface area contributed by atoms with Gasteiger partial charge in [0.15, 0.2) is 6.04 Å². The lowest BCUT2D eigenvalue weighted by Crippen LogP contribution is -2.48. The highest BCUT2D eigenvalue weighted by molar-refractivity contribution is 6.00. The number of carboxylic acid groups (broad SMARTS) is 1. The molecule has 0 aromatic rings. The third-order valence-electron chi connectivity index (χ3n) is 3.26. The van der Waals surface area contributed by atoms with E-state index in [1.807, 2.05) is 0 Å². The summed E-state index contributed by atoms with van der Waals surface area (Å²) in [6, 6.07) is -1.12. The molecule has 1 rings (SSSR count). The van der Waals surface area contributed by atoms with Gasteiger partial charge in [-0.2, -0.15) is 0 Å². The van der Waals surface area contributed by atoms with Gasteiger partial charge in [0.25, 0.3) is 5.91 Å². The Labute approximate surface area is 95.8 Å². The molecule has 0 spiro atoms. The molecule has 0 aliphatic heterocycles. The molecule has 1 unspecified atom stereocenters. The minimum Gasteiger partial charge on any atom is -0.480 e. The highest BCUT2D eigenvalue weighted by Gasteiger charge is 2.27. The Hall–Kier alpha value is -1.10. The van der Waals surface area contributed by atoms with Crippen LogP contribution in [0.1, 0.15) is 25.7 Å². The number of likely N-dealkylation sites (N-methyl/N-ethyl adjacent to an activating group) is 2. The molecular formula is C11H20N2O3. The topological polar surface area (TPSA) is 69.6 Å². The molecule has 1 saturated carbocycles. The van der Waals surface area contributed by atoms with E-state index >= 15 is 0 Å². The van der Waals surface area contributed by atoms with Crippen LogP contribution in [-0.2, 0) is 9.59 Å². The SMILES string of the molecule is CNC(C(=O)O)C(=O)N(C)CCC1CCC1. The van der Waals surface area contributed by atoms with Crippen molar-refractivity contribution in [2.45, 2.75) is 31.7 Å². The van der Waals surface area contributed by atoms with Gasteiger partial charge in [-0.25, -0.2) is 4.79 Å². The standard InChI is InChI=1S/C11H20N2O3/c1-12-9(11(15)16)10(14)13(2)7-6-8-4-3-5-8/h8-9,12H,3-7H2,1-2H3,(H,15,16). The van der Waals surface area contributed by atoms with E-state index in [2.05, 4.69) is 5.32 Å². The maximum Gasteiger partial charge on any atom is 0.330 e. The maximum absolute atomic E-state index is 11.7. The average molecular weight is 228 g/mol. The first kappa shape index (κ1) is 13.0. The molecule has 5 heteroatoms. The summed E-state index contributed by atoms with van der Waals surface area (Å²) in [5.41, 5.74) is 0. The summed E-state index contributed by atoms with van der Waals surface area (Å²) in [4.78, 5) is 24.0. The average Bonchev–Trinajstić information content (AvgIpc) is 2.15. The van der Waals surface area contributed by atoms with Crippen LogP contribution in [0.25, 0.3) is 0 Å². The van der Waals surface area contributed by atoms with E-state index < -0.39 is 12.0 Å². The van der Waals surface area contributed by atoms with E-state index in [9.17, 15) is 9.59 Å². The molecule has 0 saturated heterocycles. The van der Waals surface area contributed by atoms with E-state index in [1.54, 1.807) is 7.05 Å². The summed E-state index contributed by atoms with van der Waals surface area (Å²) in [5.74, 6) is -0.759. The van der Waals surface area contributed by atoms with Crippen LogP contribution in [0, 0.1) is 5.92 Å². The molecule has 0 aromatic heterocycles. The van der Waals surface area contributed by atoms with Crippen molar-refractivity contribution in [1.82, 2.24) is 10.2 Å². The minimum atomic E-state index is -1.12. The minimum absolute atomic E-state index is 0.366. The Balaban J connectivity index is 2.35. The lowest BCUT2D eigenvalue weighted by Gasteiger charge is -2.28. The van der Waals surface area contributed by atoms with Crippen molar-refractivity contribution in [3.8, 4) is 0 Å². The molecule has 5 nitrogen and oxygen atoms in total.